The lowest BCUT2D eigenvalue weighted by Crippen LogP contribution is -2.48. The van der Waals surface area contributed by atoms with Gasteiger partial charge < -0.3 is 14.8 Å². The van der Waals surface area contributed by atoms with Crippen LogP contribution in [0.3, 0.4) is 0 Å². The molecule has 2 aliphatic rings. The van der Waals surface area contributed by atoms with Gasteiger partial charge in [-0.05, 0) is 33.6 Å². The highest BCUT2D eigenvalue weighted by Gasteiger charge is 2.50. The summed E-state index contributed by atoms with van der Waals surface area (Å²) in [6.07, 6.45) is 3.07. The Morgan fingerprint density at radius 1 is 1.25 bits per heavy atom. The van der Waals surface area contributed by atoms with Crippen molar-refractivity contribution in [2.24, 2.45) is 23.7 Å². The van der Waals surface area contributed by atoms with Crippen molar-refractivity contribution in [2.75, 3.05) is 19.7 Å². The van der Waals surface area contributed by atoms with E-state index in [1.54, 1.807) is 27.7 Å². The number of amides is 3. The van der Waals surface area contributed by atoms with Crippen LogP contribution in [-0.2, 0) is 23.9 Å². The van der Waals surface area contributed by atoms with Gasteiger partial charge in [-0.2, -0.15) is 0 Å². The lowest BCUT2D eigenvalue weighted by Gasteiger charge is -2.31. The largest absolute Gasteiger partial charge is 0.465 e. The molecule has 0 aromatic heterocycles. The number of hydrazine groups is 1. The number of nitrogens with one attached hydrogen (secondary N) is 2. The molecular formula is C19H29N3O6. The third kappa shape index (κ3) is 5.24. The van der Waals surface area contributed by atoms with E-state index in [1.807, 2.05) is 19.1 Å². The second kappa shape index (κ2) is 8.62. The minimum absolute atomic E-state index is 0.186. The summed E-state index contributed by atoms with van der Waals surface area (Å²) in [5, 5.41) is 3.76. The molecule has 9 heteroatoms. The maximum Gasteiger partial charge on any atom is 0.426 e. The van der Waals surface area contributed by atoms with Crippen LogP contribution in [0.15, 0.2) is 12.2 Å². The van der Waals surface area contributed by atoms with Gasteiger partial charge in [-0.1, -0.05) is 19.1 Å². The first-order valence-corrected chi connectivity index (χ1v) is 9.46. The fraction of sp³-hybridized carbons (Fsp3) is 0.684. The Morgan fingerprint density at radius 3 is 2.54 bits per heavy atom. The van der Waals surface area contributed by atoms with Crippen LogP contribution in [0.5, 0.6) is 0 Å². The molecule has 4 atom stereocenters. The average molecular weight is 395 g/mol. The molecule has 0 bridgehead atoms. The molecule has 0 aromatic carbocycles. The van der Waals surface area contributed by atoms with Crippen molar-refractivity contribution in [2.45, 2.75) is 40.2 Å². The molecule has 1 aliphatic heterocycles. The number of fused-ring (bicyclic) bond motifs is 1. The Hall–Kier alpha value is -2.58. The summed E-state index contributed by atoms with van der Waals surface area (Å²) in [5.74, 6) is -2.90. The number of hydrogen-bond acceptors (Lipinski definition) is 6. The van der Waals surface area contributed by atoms with Crippen molar-refractivity contribution in [1.29, 1.82) is 0 Å². The molecular weight excluding hydrogens is 366 g/mol. The molecule has 28 heavy (non-hydrogen) atoms. The van der Waals surface area contributed by atoms with E-state index in [2.05, 4.69) is 10.7 Å². The molecule has 0 unspecified atom stereocenters. The van der Waals surface area contributed by atoms with Gasteiger partial charge in [0.05, 0.1) is 18.4 Å². The highest BCUT2D eigenvalue weighted by molar-refractivity contribution is 5.92. The molecule has 1 fully saturated rings. The van der Waals surface area contributed by atoms with Crippen LogP contribution in [0.25, 0.3) is 0 Å². The van der Waals surface area contributed by atoms with Crippen molar-refractivity contribution in [3.8, 4) is 0 Å². The van der Waals surface area contributed by atoms with Gasteiger partial charge in [-0.3, -0.25) is 19.4 Å². The lowest BCUT2D eigenvalue weighted by atomic mass is 9.72. The van der Waals surface area contributed by atoms with Crippen molar-refractivity contribution < 1.29 is 28.7 Å². The van der Waals surface area contributed by atoms with Crippen LogP contribution in [-0.4, -0.2) is 54.2 Å². The lowest BCUT2D eigenvalue weighted by molar-refractivity contribution is -0.145. The Bertz CT molecular complexity index is 669. The summed E-state index contributed by atoms with van der Waals surface area (Å²) in [6.45, 7) is 8.95. The Morgan fingerprint density at radius 2 is 1.93 bits per heavy atom. The molecule has 0 aromatic rings. The highest BCUT2D eigenvalue weighted by Crippen LogP contribution is 2.39. The van der Waals surface area contributed by atoms with Crippen LogP contribution < -0.4 is 10.7 Å². The quantitative estimate of drug-likeness (QED) is 0.530. The molecule has 2 rings (SSSR count). The average Bonchev–Trinajstić information content (AvgIpc) is 2.87. The molecule has 2 N–H and O–H groups in total. The molecule has 0 saturated carbocycles. The molecule has 0 radical (unpaired) electrons. The summed E-state index contributed by atoms with van der Waals surface area (Å²) in [4.78, 5) is 49.1. The Labute approximate surface area is 164 Å². The summed E-state index contributed by atoms with van der Waals surface area (Å²) in [6, 6.07) is 0. The van der Waals surface area contributed by atoms with Crippen molar-refractivity contribution in [3.05, 3.63) is 12.2 Å². The topological polar surface area (TPSA) is 114 Å². The highest BCUT2D eigenvalue weighted by atomic mass is 16.6. The molecule has 3 amide bonds. The predicted molar refractivity (Wildman–Crippen MR) is 99.5 cm³/mol. The van der Waals surface area contributed by atoms with Gasteiger partial charge in [0, 0.05) is 12.5 Å². The van der Waals surface area contributed by atoms with Crippen LogP contribution in [0.2, 0.25) is 0 Å². The molecule has 156 valence electrons. The number of carbonyl (C=O) groups excluding carboxylic acids is 4. The van der Waals surface area contributed by atoms with E-state index in [9.17, 15) is 19.2 Å². The zero-order chi connectivity index (χ0) is 21.1. The van der Waals surface area contributed by atoms with E-state index in [0.29, 0.717) is 0 Å². The van der Waals surface area contributed by atoms with Crippen LogP contribution in [0.4, 0.5) is 4.79 Å². The third-order valence-electron chi connectivity index (χ3n) is 4.66. The summed E-state index contributed by atoms with van der Waals surface area (Å²) in [5.41, 5.74) is 1.77. The van der Waals surface area contributed by atoms with Gasteiger partial charge in [0.25, 0.3) is 0 Å². The Kier molecular flexibility index (Phi) is 6.69. The molecule has 9 nitrogen and oxygen atoms in total. The number of nitrogens with zero attached hydrogens (tertiary/aromatic N) is 1. The van der Waals surface area contributed by atoms with Crippen molar-refractivity contribution in [3.63, 3.8) is 0 Å². The fourth-order valence-electron chi connectivity index (χ4n) is 3.55. The number of hydrogen-bond donors (Lipinski definition) is 2. The minimum atomic E-state index is -0.722. The number of esters is 1. The Balaban J connectivity index is 2.06. The van der Waals surface area contributed by atoms with Gasteiger partial charge in [0.15, 0.2) is 0 Å². The van der Waals surface area contributed by atoms with Gasteiger partial charge in [0.1, 0.15) is 12.1 Å². The molecule has 0 spiro atoms. The van der Waals surface area contributed by atoms with E-state index < -0.39 is 29.5 Å². The summed E-state index contributed by atoms with van der Waals surface area (Å²) >= 11 is 0. The predicted octanol–water partition coefficient (Wildman–Crippen LogP) is 1.00. The van der Waals surface area contributed by atoms with Gasteiger partial charge in [-0.15, -0.1) is 0 Å². The maximum absolute atomic E-state index is 12.9. The number of rotatable bonds is 5. The summed E-state index contributed by atoms with van der Waals surface area (Å²) < 4.78 is 10.0. The monoisotopic (exact) mass is 395 g/mol. The molecule has 1 heterocycles. The second-order valence-electron chi connectivity index (χ2n) is 8.04. The standard InChI is InChI=1S/C19H29N3O6/c1-6-27-13(23)9-20-16(24)14-11(2)7-8-12-10-22(17(25)15(12)14)21-18(26)28-19(3,4)5/h7-8,11-12,14-15H,6,9-10H2,1-5H3,(H,20,24)(H,21,26)/t11-,12-,14-,15+/m1/s1. The first-order chi connectivity index (χ1) is 13.0. The van der Waals surface area contributed by atoms with E-state index in [1.165, 1.54) is 5.01 Å². The molecule has 1 aliphatic carbocycles. The van der Waals surface area contributed by atoms with Crippen LogP contribution in [0, 0.1) is 23.7 Å². The van der Waals surface area contributed by atoms with E-state index in [4.69, 9.17) is 9.47 Å². The van der Waals surface area contributed by atoms with Crippen molar-refractivity contribution in [1.82, 2.24) is 15.8 Å². The van der Waals surface area contributed by atoms with Gasteiger partial charge in [0.2, 0.25) is 11.8 Å². The van der Waals surface area contributed by atoms with E-state index >= 15 is 0 Å². The first-order valence-electron chi connectivity index (χ1n) is 9.46. The van der Waals surface area contributed by atoms with E-state index in [0.717, 1.165) is 0 Å². The van der Waals surface area contributed by atoms with Gasteiger partial charge >= 0.3 is 12.1 Å². The smallest absolute Gasteiger partial charge is 0.426 e. The zero-order valence-corrected chi connectivity index (χ0v) is 17.0. The molecule has 1 saturated heterocycles. The maximum atomic E-state index is 12.9. The number of ether oxygens (including phenoxy) is 2. The van der Waals surface area contributed by atoms with Crippen molar-refractivity contribution >= 4 is 23.9 Å². The third-order valence-corrected chi connectivity index (χ3v) is 4.66. The van der Waals surface area contributed by atoms with Crippen LogP contribution >= 0.6 is 0 Å². The van der Waals surface area contributed by atoms with Gasteiger partial charge in [-0.25, -0.2) is 10.2 Å². The minimum Gasteiger partial charge on any atom is -0.465 e. The number of allylic oxidation sites excluding steroid dienone is 1. The normalized spacial score (nSPS) is 26.5. The number of carbonyl (C=O) groups is 4. The second-order valence-corrected chi connectivity index (χ2v) is 8.04. The first kappa shape index (κ1) is 21.7. The fourth-order valence-corrected chi connectivity index (χ4v) is 3.55. The van der Waals surface area contributed by atoms with E-state index in [-0.39, 0.29) is 43.3 Å². The zero-order valence-electron chi connectivity index (χ0n) is 17.0. The SMILES string of the molecule is CCOC(=O)CNC(=O)[C@H]1[C@H]2C(=O)N(NC(=O)OC(C)(C)C)C[C@H]2C=C[C@H]1C. The summed E-state index contributed by atoms with van der Waals surface area (Å²) in [7, 11) is 0. The van der Waals surface area contributed by atoms with Crippen LogP contribution in [0.1, 0.15) is 34.6 Å².